The first-order valence-electron chi connectivity index (χ1n) is 9.39. The number of nitrogens with zero attached hydrogens (tertiary/aromatic N) is 2. The van der Waals surface area contributed by atoms with Gasteiger partial charge in [-0.15, -0.1) is 0 Å². The molecule has 0 aliphatic heterocycles. The zero-order chi connectivity index (χ0) is 22.0. The van der Waals surface area contributed by atoms with Crippen LogP contribution in [-0.4, -0.2) is 21.2 Å². The molecule has 1 aromatic heterocycles. The Balaban J connectivity index is 1.71. The highest BCUT2D eigenvalue weighted by Crippen LogP contribution is 2.26. The molecule has 3 aromatic carbocycles. The second kappa shape index (κ2) is 9.14. The number of fused-ring (bicyclic) bond motifs is 1. The molecular formula is C23H17Cl2N3O2S. The van der Waals surface area contributed by atoms with Gasteiger partial charge in [-0.05, 0) is 61.0 Å². The molecule has 1 N–H and O–H groups in total. The molecule has 0 saturated heterocycles. The largest absolute Gasteiger partial charge is 0.325 e. The normalized spacial score (nSPS) is 10.9. The van der Waals surface area contributed by atoms with Gasteiger partial charge >= 0.3 is 0 Å². The molecule has 0 atom stereocenters. The van der Waals surface area contributed by atoms with Crippen molar-refractivity contribution in [2.24, 2.45) is 0 Å². The summed E-state index contributed by atoms with van der Waals surface area (Å²) >= 11 is 13.4. The summed E-state index contributed by atoms with van der Waals surface area (Å²) in [7, 11) is 0. The second-order valence-electron chi connectivity index (χ2n) is 6.78. The van der Waals surface area contributed by atoms with Gasteiger partial charge in [0.25, 0.3) is 5.56 Å². The maximum Gasteiger partial charge on any atom is 0.266 e. The van der Waals surface area contributed by atoms with Crippen molar-refractivity contribution in [3.8, 4) is 5.69 Å². The molecule has 4 aromatic rings. The highest BCUT2D eigenvalue weighted by molar-refractivity contribution is 7.99. The van der Waals surface area contributed by atoms with Gasteiger partial charge in [-0.2, -0.15) is 0 Å². The number of hydrogen-bond donors (Lipinski definition) is 1. The van der Waals surface area contributed by atoms with Crippen molar-refractivity contribution >= 4 is 57.5 Å². The van der Waals surface area contributed by atoms with Crippen LogP contribution in [0.1, 0.15) is 5.56 Å². The van der Waals surface area contributed by atoms with Crippen LogP contribution in [0.4, 0.5) is 5.69 Å². The number of carbonyl (C=O) groups excluding carboxylic acids is 1. The molecule has 0 fully saturated rings. The first-order valence-corrected chi connectivity index (χ1v) is 11.1. The topological polar surface area (TPSA) is 64.0 Å². The summed E-state index contributed by atoms with van der Waals surface area (Å²) in [6.07, 6.45) is 0. The molecule has 5 nitrogen and oxygen atoms in total. The van der Waals surface area contributed by atoms with Crippen LogP contribution >= 0.6 is 35.0 Å². The van der Waals surface area contributed by atoms with E-state index in [2.05, 4.69) is 10.3 Å². The Hall–Kier alpha value is -2.80. The lowest BCUT2D eigenvalue weighted by molar-refractivity contribution is -0.113. The van der Waals surface area contributed by atoms with E-state index in [-0.39, 0.29) is 17.2 Å². The predicted molar refractivity (Wildman–Crippen MR) is 128 cm³/mol. The molecule has 1 amide bonds. The van der Waals surface area contributed by atoms with Crippen LogP contribution in [0.25, 0.3) is 16.6 Å². The van der Waals surface area contributed by atoms with Crippen LogP contribution in [0.2, 0.25) is 10.0 Å². The molecule has 0 aliphatic rings. The third-order valence-corrected chi connectivity index (χ3v) is 6.29. The Kier molecular flexibility index (Phi) is 6.32. The number of anilines is 1. The molecule has 0 radical (unpaired) electrons. The molecule has 1 heterocycles. The van der Waals surface area contributed by atoms with Crippen molar-refractivity contribution in [2.45, 2.75) is 12.1 Å². The maximum absolute atomic E-state index is 13.3. The monoisotopic (exact) mass is 469 g/mol. The van der Waals surface area contributed by atoms with Gasteiger partial charge in [0.05, 0.1) is 22.3 Å². The van der Waals surface area contributed by atoms with Crippen molar-refractivity contribution in [1.29, 1.82) is 0 Å². The minimum absolute atomic E-state index is 0.0764. The van der Waals surface area contributed by atoms with Crippen molar-refractivity contribution < 1.29 is 4.79 Å². The van der Waals surface area contributed by atoms with Gasteiger partial charge in [0.15, 0.2) is 5.16 Å². The molecule has 0 saturated carbocycles. The summed E-state index contributed by atoms with van der Waals surface area (Å²) in [4.78, 5) is 30.5. The lowest BCUT2D eigenvalue weighted by Gasteiger charge is -2.15. The van der Waals surface area contributed by atoms with Crippen LogP contribution < -0.4 is 10.9 Å². The van der Waals surface area contributed by atoms with Gasteiger partial charge in [-0.1, -0.05) is 53.2 Å². The van der Waals surface area contributed by atoms with Crippen LogP contribution in [0.5, 0.6) is 0 Å². The van der Waals surface area contributed by atoms with Gasteiger partial charge in [-0.25, -0.2) is 4.98 Å². The maximum atomic E-state index is 13.3. The standard InChI is InChI=1S/C23H17Cl2N3O2S/c1-14-18(25)6-4-8-20(14)28-22(30)17-5-2-3-7-19(17)27-23(28)31-13-21(29)26-16-11-9-15(24)10-12-16/h2-12H,13H2,1H3,(H,26,29). The van der Waals surface area contributed by atoms with Crippen LogP contribution in [-0.2, 0) is 4.79 Å². The molecular weight excluding hydrogens is 453 g/mol. The summed E-state index contributed by atoms with van der Waals surface area (Å²) < 4.78 is 1.52. The molecule has 0 unspecified atom stereocenters. The Morgan fingerprint density at radius 3 is 2.55 bits per heavy atom. The van der Waals surface area contributed by atoms with Gasteiger partial charge < -0.3 is 5.32 Å². The van der Waals surface area contributed by atoms with Crippen LogP contribution in [0, 0.1) is 6.92 Å². The first kappa shape index (κ1) is 21.4. The van der Waals surface area contributed by atoms with Crippen molar-refractivity contribution in [1.82, 2.24) is 9.55 Å². The number of carbonyl (C=O) groups is 1. The third kappa shape index (κ3) is 4.61. The zero-order valence-electron chi connectivity index (χ0n) is 16.4. The smallest absolute Gasteiger partial charge is 0.266 e. The summed E-state index contributed by atoms with van der Waals surface area (Å²) in [6, 6.07) is 19.4. The quantitative estimate of drug-likeness (QED) is 0.299. The Morgan fingerprint density at radius 2 is 1.77 bits per heavy atom. The third-order valence-electron chi connectivity index (χ3n) is 4.69. The molecule has 0 bridgehead atoms. The molecule has 156 valence electrons. The predicted octanol–water partition coefficient (Wildman–Crippen LogP) is 5.73. The average molecular weight is 470 g/mol. The summed E-state index contributed by atoms with van der Waals surface area (Å²) in [6.45, 7) is 1.85. The minimum atomic E-state index is -0.218. The highest BCUT2D eigenvalue weighted by atomic mass is 35.5. The highest BCUT2D eigenvalue weighted by Gasteiger charge is 2.17. The van der Waals surface area contributed by atoms with Gasteiger partial charge in [-0.3, -0.25) is 14.2 Å². The summed E-state index contributed by atoms with van der Waals surface area (Å²) in [5.41, 5.74) is 2.40. The number of amides is 1. The number of para-hydroxylation sites is 1. The fourth-order valence-electron chi connectivity index (χ4n) is 3.12. The van der Waals surface area contributed by atoms with E-state index in [0.717, 1.165) is 5.56 Å². The Bertz CT molecular complexity index is 1340. The van der Waals surface area contributed by atoms with Crippen molar-refractivity contribution in [3.63, 3.8) is 0 Å². The number of nitrogens with one attached hydrogen (secondary N) is 1. The molecule has 0 spiro atoms. The lowest BCUT2D eigenvalue weighted by atomic mass is 10.2. The van der Waals surface area contributed by atoms with Crippen molar-refractivity contribution in [3.05, 3.63) is 92.7 Å². The number of halogens is 2. The van der Waals surface area contributed by atoms with E-state index in [0.29, 0.717) is 37.5 Å². The van der Waals surface area contributed by atoms with E-state index in [9.17, 15) is 9.59 Å². The zero-order valence-corrected chi connectivity index (χ0v) is 18.8. The number of hydrogen-bond acceptors (Lipinski definition) is 4. The van der Waals surface area contributed by atoms with Gasteiger partial charge in [0.2, 0.25) is 5.91 Å². The lowest BCUT2D eigenvalue weighted by Crippen LogP contribution is -2.23. The first-order chi connectivity index (χ1) is 14.9. The summed E-state index contributed by atoms with van der Waals surface area (Å²) in [5.74, 6) is -0.142. The van der Waals surface area contributed by atoms with E-state index in [1.54, 1.807) is 54.6 Å². The van der Waals surface area contributed by atoms with Crippen LogP contribution in [0.15, 0.2) is 76.7 Å². The van der Waals surface area contributed by atoms with E-state index in [1.165, 1.54) is 16.3 Å². The van der Waals surface area contributed by atoms with Gasteiger partial charge in [0, 0.05) is 15.7 Å². The van der Waals surface area contributed by atoms with E-state index in [4.69, 9.17) is 23.2 Å². The number of aromatic nitrogens is 2. The van der Waals surface area contributed by atoms with Crippen LogP contribution in [0.3, 0.4) is 0 Å². The average Bonchev–Trinajstić information content (AvgIpc) is 2.76. The van der Waals surface area contributed by atoms with E-state index >= 15 is 0 Å². The van der Waals surface area contributed by atoms with E-state index < -0.39 is 0 Å². The molecule has 8 heteroatoms. The molecule has 4 rings (SSSR count). The van der Waals surface area contributed by atoms with Gasteiger partial charge in [0.1, 0.15) is 0 Å². The second-order valence-corrected chi connectivity index (χ2v) is 8.57. The number of benzene rings is 3. The number of rotatable bonds is 5. The Morgan fingerprint density at radius 1 is 1.03 bits per heavy atom. The Labute approximate surface area is 193 Å². The van der Waals surface area contributed by atoms with Crippen molar-refractivity contribution in [2.75, 3.05) is 11.1 Å². The summed E-state index contributed by atoms with van der Waals surface area (Å²) in [5, 5.41) is 4.87. The SMILES string of the molecule is Cc1c(Cl)cccc1-n1c(SCC(=O)Nc2ccc(Cl)cc2)nc2ccccc2c1=O. The molecule has 31 heavy (non-hydrogen) atoms. The number of thioether (sulfide) groups is 1. The fraction of sp³-hybridized carbons (Fsp3) is 0.0870. The van der Waals surface area contributed by atoms with E-state index in [1.807, 2.05) is 19.1 Å². The molecule has 0 aliphatic carbocycles. The fourth-order valence-corrected chi connectivity index (χ4v) is 4.22. The minimum Gasteiger partial charge on any atom is -0.325 e.